The average molecular weight is 435 g/mol. The molecule has 0 heterocycles. The maximum atomic E-state index is 13.0. The highest BCUT2D eigenvalue weighted by atomic mass is 32.2. The van der Waals surface area contributed by atoms with Crippen LogP contribution < -0.4 is 19.1 Å². The van der Waals surface area contributed by atoms with Crippen molar-refractivity contribution in [2.75, 3.05) is 24.3 Å². The molecule has 1 N–H and O–H groups in total. The molecule has 0 spiro atoms. The van der Waals surface area contributed by atoms with Crippen molar-refractivity contribution < 1.29 is 22.7 Å². The van der Waals surface area contributed by atoms with Gasteiger partial charge in [-0.05, 0) is 44.5 Å². The van der Waals surface area contributed by atoms with Crippen LogP contribution in [0, 0.1) is 6.92 Å². The molecule has 0 aromatic heterocycles. The molecule has 0 bridgehead atoms. The standard InChI is InChI=1S/C22H30N2O5S/c1-6-21(24(30(5,26)27)18-8-7-9-20(14-18)28-4)22(25)23-17(3)15-29-19-12-10-16(2)11-13-19/h7-14,17,21H,6,15H2,1-5H3,(H,23,25)/t17-,21-/m1/s1. The third kappa shape index (κ3) is 6.38. The van der Waals surface area contributed by atoms with Crippen LogP contribution in [0.15, 0.2) is 48.5 Å². The molecule has 2 atom stereocenters. The van der Waals surface area contributed by atoms with E-state index >= 15 is 0 Å². The molecule has 0 fully saturated rings. The number of carbonyl (C=O) groups is 1. The number of benzene rings is 2. The zero-order valence-electron chi connectivity index (χ0n) is 18.1. The fourth-order valence-electron chi connectivity index (χ4n) is 3.04. The van der Waals surface area contributed by atoms with Gasteiger partial charge in [0.25, 0.3) is 0 Å². The molecular weight excluding hydrogens is 404 g/mol. The number of hydrogen-bond donors (Lipinski definition) is 1. The van der Waals surface area contributed by atoms with Gasteiger partial charge in [0.2, 0.25) is 15.9 Å². The van der Waals surface area contributed by atoms with Crippen LogP contribution in [0.5, 0.6) is 11.5 Å². The van der Waals surface area contributed by atoms with Crippen LogP contribution in [0.25, 0.3) is 0 Å². The third-order valence-corrected chi connectivity index (χ3v) is 5.73. The number of nitrogens with one attached hydrogen (secondary N) is 1. The topological polar surface area (TPSA) is 84.9 Å². The van der Waals surface area contributed by atoms with E-state index in [0.29, 0.717) is 23.6 Å². The monoisotopic (exact) mass is 434 g/mol. The summed E-state index contributed by atoms with van der Waals surface area (Å²) in [4.78, 5) is 13.0. The molecule has 0 radical (unpaired) electrons. The second-order valence-electron chi connectivity index (χ2n) is 7.22. The number of nitrogens with zero attached hydrogens (tertiary/aromatic N) is 1. The normalized spacial score (nSPS) is 13.2. The number of amides is 1. The zero-order chi connectivity index (χ0) is 22.3. The minimum atomic E-state index is -3.71. The Morgan fingerprint density at radius 2 is 1.80 bits per heavy atom. The Morgan fingerprint density at radius 3 is 2.37 bits per heavy atom. The van der Waals surface area contributed by atoms with Crippen molar-refractivity contribution in [3.63, 3.8) is 0 Å². The minimum absolute atomic E-state index is 0.267. The summed E-state index contributed by atoms with van der Waals surface area (Å²) in [6.45, 7) is 5.85. The van der Waals surface area contributed by atoms with Crippen LogP contribution >= 0.6 is 0 Å². The fraction of sp³-hybridized carbons (Fsp3) is 0.409. The van der Waals surface area contributed by atoms with Crippen molar-refractivity contribution in [1.29, 1.82) is 0 Å². The highest BCUT2D eigenvalue weighted by molar-refractivity contribution is 7.92. The largest absolute Gasteiger partial charge is 0.497 e. The predicted octanol–water partition coefficient (Wildman–Crippen LogP) is 3.13. The van der Waals surface area contributed by atoms with Gasteiger partial charge in [0.15, 0.2) is 0 Å². The maximum absolute atomic E-state index is 13.0. The summed E-state index contributed by atoms with van der Waals surface area (Å²) in [6, 6.07) is 13.1. The molecule has 2 rings (SSSR count). The Bertz CT molecular complexity index is 944. The zero-order valence-corrected chi connectivity index (χ0v) is 18.9. The van der Waals surface area contributed by atoms with Gasteiger partial charge in [-0.3, -0.25) is 9.10 Å². The summed E-state index contributed by atoms with van der Waals surface area (Å²) in [6.07, 6.45) is 1.40. The van der Waals surface area contributed by atoms with E-state index in [-0.39, 0.29) is 18.6 Å². The van der Waals surface area contributed by atoms with E-state index in [0.717, 1.165) is 16.1 Å². The molecule has 0 aliphatic heterocycles. The summed E-state index contributed by atoms with van der Waals surface area (Å²) in [5, 5.41) is 2.86. The maximum Gasteiger partial charge on any atom is 0.244 e. The number of ether oxygens (including phenoxy) is 2. The van der Waals surface area contributed by atoms with Gasteiger partial charge in [-0.15, -0.1) is 0 Å². The SMILES string of the molecule is CC[C@H](C(=O)N[C@H](C)COc1ccc(C)cc1)N(c1cccc(OC)c1)S(C)(=O)=O. The molecule has 2 aromatic carbocycles. The lowest BCUT2D eigenvalue weighted by Gasteiger charge is -2.31. The number of anilines is 1. The van der Waals surface area contributed by atoms with Crippen molar-refractivity contribution in [2.45, 2.75) is 39.3 Å². The van der Waals surface area contributed by atoms with Crippen LogP contribution in [0.3, 0.4) is 0 Å². The van der Waals surface area contributed by atoms with E-state index in [9.17, 15) is 13.2 Å². The predicted molar refractivity (Wildman–Crippen MR) is 119 cm³/mol. The Kier molecular flexibility index (Phi) is 8.11. The van der Waals surface area contributed by atoms with Crippen molar-refractivity contribution in [3.8, 4) is 11.5 Å². The average Bonchev–Trinajstić information content (AvgIpc) is 2.70. The van der Waals surface area contributed by atoms with Crippen LogP contribution in [0.1, 0.15) is 25.8 Å². The minimum Gasteiger partial charge on any atom is -0.497 e. The summed E-state index contributed by atoms with van der Waals surface area (Å²) in [5.74, 6) is 0.838. The summed E-state index contributed by atoms with van der Waals surface area (Å²) >= 11 is 0. The molecule has 8 heteroatoms. The molecule has 0 aliphatic rings. The second kappa shape index (κ2) is 10.3. The van der Waals surface area contributed by atoms with Gasteiger partial charge in [0, 0.05) is 6.07 Å². The lowest BCUT2D eigenvalue weighted by atomic mass is 10.1. The fourth-order valence-corrected chi connectivity index (χ4v) is 4.25. The Morgan fingerprint density at radius 1 is 1.13 bits per heavy atom. The molecule has 164 valence electrons. The lowest BCUT2D eigenvalue weighted by Crippen LogP contribution is -2.52. The lowest BCUT2D eigenvalue weighted by molar-refractivity contribution is -0.123. The van der Waals surface area contributed by atoms with E-state index in [4.69, 9.17) is 9.47 Å². The molecule has 30 heavy (non-hydrogen) atoms. The highest BCUT2D eigenvalue weighted by Crippen LogP contribution is 2.26. The van der Waals surface area contributed by atoms with Gasteiger partial charge in [0.05, 0.1) is 25.1 Å². The molecule has 7 nitrogen and oxygen atoms in total. The molecule has 2 aromatic rings. The summed E-state index contributed by atoms with van der Waals surface area (Å²) < 4.78 is 37.1. The second-order valence-corrected chi connectivity index (χ2v) is 9.08. The van der Waals surface area contributed by atoms with E-state index < -0.39 is 16.1 Å². The first-order valence-corrected chi connectivity index (χ1v) is 11.6. The summed E-state index contributed by atoms with van der Waals surface area (Å²) in [5.41, 5.74) is 1.51. The van der Waals surface area contributed by atoms with E-state index in [2.05, 4.69) is 5.32 Å². The third-order valence-electron chi connectivity index (χ3n) is 4.55. The molecule has 1 amide bonds. The number of sulfonamides is 1. The Balaban J connectivity index is 2.13. The Hall–Kier alpha value is -2.74. The van der Waals surface area contributed by atoms with Gasteiger partial charge in [-0.25, -0.2) is 8.42 Å². The smallest absolute Gasteiger partial charge is 0.244 e. The van der Waals surface area contributed by atoms with Crippen molar-refractivity contribution in [2.24, 2.45) is 0 Å². The first kappa shape index (κ1) is 23.5. The van der Waals surface area contributed by atoms with Gasteiger partial charge >= 0.3 is 0 Å². The van der Waals surface area contributed by atoms with Crippen molar-refractivity contribution in [1.82, 2.24) is 5.32 Å². The van der Waals surface area contributed by atoms with Gasteiger partial charge < -0.3 is 14.8 Å². The van der Waals surface area contributed by atoms with Gasteiger partial charge in [0.1, 0.15) is 24.1 Å². The van der Waals surface area contributed by atoms with Gasteiger partial charge in [-0.2, -0.15) is 0 Å². The van der Waals surface area contributed by atoms with E-state index in [1.54, 1.807) is 31.2 Å². The number of methoxy groups -OCH3 is 1. The number of rotatable bonds is 10. The number of aryl methyl sites for hydroxylation is 1. The van der Waals surface area contributed by atoms with E-state index in [1.165, 1.54) is 7.11 Å². The van der Waals surface area contributed by atoms with E-state index in [1.807, 2.05) is 38.1 Å². The van der Waals surface area contributed by atoms with Gasteiger partial charge in [-0.1, -0.05) is 30.7 Å². The molecule has 0 aliphatic carbocycles. The van der Waals surface area contributed by atoms with Crippen molar-refractivity contribution >= 4 is 21.6 Å². The highest BCUT2D eigenvalue weighted by Gasteiger charge is 2.32. The van der Waals surface area contributed by atoms with Crippen LogP contribution in [0.2, 0.25) is 0 Å². The first-order chi connectivity index (χ1) is 14.2. The quantitative estimate of drug-likeness (QED) is 0.621. The van der Waals surface area contributed by atoms with Crippen molar-refractivity contribution in [3.05, 3.63) is 54.1 Å². The summed E-state index contributed by atoms with van der Waals surface area (Å²) in [7, 11) is -2.21. The molecule has 0 unspecified atom stereocenters. The molecule has 0 saturated carbocycles. The number of carbonyl (C=O) groups excluding carboxylic acids is 1. The van der Waals surface area contributed by atoms with Crippen LogP contribution in [-0.4, -0.2) is 46.4 Å². The molecular formula is C22H30N2O5S. The molecule has 0 saturated heterocycles. The first-order valence-electron chi connectivity index (χ1n) is 9.79. The van der Waals surface area contributed by atoms with Crippen LogP contribution in [0.4, 0.5) is 5.69 Å². The number of hydrogen-bond acceptors (Lipinski definition) is 5. The Labute approximate surface area is 179 Å². The van der Waals surface area contributed by atoms with Crippen LogP contribution in [-0.2, 0) is 14.8 Å².